The molecule has 2 aromatic heterocycles. The van der Waals surface area contributed by atoms with Crippen LogP contribution in [-0.4, -0.2) is 32.0 Å². The van der Waals surface area contributed by atoms with Crippen molar-refractivity contribution in [3.63, 3.8) is 0 Å². The molecule has 6 nitrogen and oxygen atoms in total. The van der Waals surface area contributed by atoms with Crippen molar-refractivity contribution in [2.75, 3.05) is 6.54 Å². The van der Waals surface area contributed by atoms with E-state index in [9.17, 15) is 4.79 Å². The lowest BCUT2D eigenvalue weighted by atomic mass is 10.3. The molecule has 2 aromatic rings. The Balaban J connectivity index is 1.75. The molecule has 0 bridgehead atoms. The van der Waals surface area contributed by atoms with Gasteiger partial charge in [0.15, 0.2) is 0 Å². The average molecular weight is 289 g/mol. The Kier molecular flexibility index (Phi) is 4.77. The van der Waals surface area contributed by atoms with Crippen LogP contribution >= 0.6 is 0 Å². The van der Waals surface area contributed by atoms with Gasteiger partial charge in [0.05, 0.1) is 11.9 Å². The maximum atomic E-state index is 12.0. The largest absolute Gasteiger partial charge is 0.354 e. The number of amides is 1. The number of aromatic nitrogens is 4. The first kappa shape index (κ1) is 15.3. The fraction of sp³-hybridized carbons (Fsp3) is 0.533. The van der Waals surface area contributed by atoms with Crippen molar-refractivity contribution < 1.29 is 4.79 Å². The molecule has 6 heteroatoms. The summed E-state index contributed by atoms with van der Waals surface area (Å²) in [6, 6.07) is 1.77. The van der Waals surface area contributed by atoms with Gasteiger partial charge in [0.25, 0.3) is 0 Å². The van der Waals surface area contributed by atoms with Gasteiger partial charge >= 0.3 is 0 Å². The molecule has 0 saturated carbocycles. The molecular formula is C15H23N5O. The molecule has 21 heavy (non-hydrogen) atoms. The second-order valence-corrected chi connectivity index (χ2v) is 5.47. The zero-order valence-electron chi connectivity index (χ0n) is 13.1. The van der Waals surface area contributed by atoms with Crippen molar-refractivity contribution in [2.24, 2.45) is 0 Å². The highest BCUT2D eigenvalue weighted by atomic mass is 16.2. The molecule has 1 atom stereocenters. The minimum atomic E-state index is -0.285. The van der Waals surface area contributed by atoms with Gasteiger partial charge in [-0.05, 0) is 45.7 Å². The van der Waals surface area contributed by atoms with Crippen LogP contribution in [0.4, 0.5) is 0 Å². The van der Waals surface area contributed by atoms with Crippen molar-refractivity contribution >= 4 is 5.91 Å². The summed E-state index contributed by atoms with van der Waals surface area (Å²) in [5.41, 5.74) is 3.23. The number of carbonyl (C=O) groups excluding carboxylic acids is 1. The molecule has 0 fully saturated rings. The minimum Gasteiger partial charge on any atom is -0.354 e. The number of nitrogens with zero attached hydrogens (tertiary/aromatic N) is 4. The van der Waals surface area contributed by atoms with E-state index in [1.807, 2.05) is 38.6 Å². The lowest BCUT2D eigenvalue weighted by Crippen LogP contribution is -2.32. The van der Waals surface area contributed by atoms with Crippen molar-refractivity contribution in [2.45, 2.75) is 46.7 Å². The Morgan fingerprint density at radius 2 is 2.14 bits per heavy atom. The molecule has 0 aromatic carbocycles. The number of aryl methyl sites for hydroxylation is 4. The van der Waals surface area contributed by atoms with Crippen LogP contribution in [0.3, 0.4) is 0 Å². The Bertz CT molecular complexity index is 613. The van der Waals surface area contributed by atoms with Gasteiger partial charge in [0, 0.05) is 25.0 Å². The molecule has 1 N–H and O–H groups in total. The molecule has 0 aliphatic rings. The van der Waals surface area contributed by atoms with Gasteiger partial charge in [-0.3, -0.25) is 14.2 Å². The second kappa shape index (κ2) is 6.56. The van der Waals surface area contributed by atoms with Crippen molar-refractivity contribution in [1.29, 1.82) is 0 Å². The van der Waals surface area contributed by atoms with E-state index in [-0.39, 0.29) is 11.9 Å². The molecule has 114 valence electrons. The van der Waals surface area contributed by atoms with Gasteiger partial charge in [-0.1, -0.05) is 0 Å². The van der Waals surface area contributed by atoms with Crippen LogP contribution in [0.25, 0.3) is 0 Å². The van der Waals surface area contributed by atoms with E-state index in [1.165, 1.54) is 0 Å². The van der Waals surface area contributed by atoms with Crippen LogP contribution in [-0.2, 0) is 11.3 Å². The Labute approximate surface area is 125 Å². The molecule has 1 unspecified atom stereocenters. The number of hydrogen-bond acceptors (Lipinski definition) is 3. The summed E-state index contributed by atoms with van der Waals surface area (Å²) < 4.78 is 3.66. The topological polar surface area (TPSA) is 64.7 Å². The summed E-state index contributed by atoms with van der Waals surface area (Å²) in [6.45, 7) is 9.29. The van der Waals surface area contributed by atoms with Gasteiger partial charge in [-0.2, -0.15) is 10.2 Å². The third kappa shape index (κ3) is 3.93. The lowest BCUT2D eigenvalue weighted by Gasteiger charge is -2.12. The molecule has 0 radical (unpaired) electrons. The first-order valence-electron chi connectivity index (χ1n) is 7.27. The van der Waals surface area contributed by atoms with Crippen LogP contribution in [0, 0.1) is 20.8 Å². The Morgan fingerprint density at radius 3 is 2.71 bits per heavy atom. The van der Waals surface area contributed by atoms with E-state index >= 15 is 0 Å². The number of hydrogen-bond donors (Lipinski definition) is 1. The molecular weight excluding hydrogens is 266 g/mol. The predicted octanol–water partition coefficient (Wildman–Crippen LogP) is 1.77. The number of nitrogens with one attached hydrogen (secondary N) is 1. The fourth-order valence-electron chi connectivity index (χ4n) is 2.25. The van der Waals surface area contributed by atoms with E-state index in [4.69, 9.17) is 0 Å². The summed E-state index contributed by atoms with van der Waals surface area (Å²) in [6.07, 6.45) is 4.49. The quantitative estimate of drug-likeness (QED) is 0.824. The fourth-order valence-corrected chi connectivity index (χ4v) is 2.25. The van der Waals surface area contributed by atoms with E-state index in [0.29, 0.717) is 6.54 Å². The zero-order chi connectivity index (χ0) is 15.4. The smallest absolute Gasteiger partial charge is 0.244 e. The molecule has 0 saturated heterocycles. The zero-order valence-corrected chi connectivity index (χ0v) is 13.1. The van der Waals surface area contributed by atoms with Gasteiger partial charge in [0.2, 0.25) is 5.91 Å². The van der Waals surface area contributed by atoms with Crippen LogP contribution in [0.1, 0.15) is 36.3 Å². The molecule has 0 aliphatic heterocycles. The van der Waals surface area contributed by atoms with Crippen LogP contribution < -0.4 is 5.32 Å². The third-order valence-electron chi connectivity index (χ3n) is 3.46. The second-order valence-electron chi connectivity index (χ2n) is 5.47. The van der Waals surface area contributed by atoms with Gasteiger partial charge in [-0.25, -0.2) is 0 Å². The van der Waals surface area contributed by atoms with Crippen molar-refractivity contribution in [3.8, 4) is 0 Å². The highest BCUT2D eigenvalue weighted by Gasteiger charge is 2.14. The standard InChI is InChI=1S/C15H23N5O/c1-11-9-17-20(10-11)14(4)15(21)16-6-5-7-19-13(3)8-12(2)18-19/h8-10,14H,5-7H2,1-4H3,(H,16,21). The molecule has 0 spiro atoms. The van der Waals surface area contributed by atoms with Gasteiger partial charge in [0.1, 0.15) is 6.04 Å². The molecule has 0 aliphatic carbocycles. The molecule has 2 rings (SSSR count). The van der Waals surface area contributed by atoms with Crippen molar-refractivity contribution in [1.82, 2.24) is 24.9 Å². The average Bonchev–Trinajstić information content (AvgIpc) is 2.99. The molecule has 2 heterocycles. The first-order chi connectivity index (χ1) is 9.97. The van der Waals surface area contributed by atoms with E-state index in [2.05, 4.69) is 21.6 Å². The third-order valence-corrected chi connectivity index (χ3v) is 3.46. The van der Waals surface area contributed by atoms with Crippen molar-refractivity contribution in [3.05, 3.63) is 35.4 Å². The normalized spacial score (nSPS) is 12.4. The van der Waals surface area contributed by atoms with Gasteiger partial charge in [-0.15, -0.1) is 0 Å². The highest BCUT2D eigenvalue weighted by molar-refractivity contribution is 5.79. The SMILES string of the molecule is Cc1cnn(C(C)C(=O)NCCCn2nc(C)cc2C)c1. The van der Waals surface area contributed by atoms with E-state index in [0.717, 1.165) is 29.9 Å². The predicted molar refractivity (Wildman–Crippen MR) is 81.0 cm³/mol. The van der Waals surface area contributed by atoms with Gasteiger partial charge < -0.3 is 5.32 Å². The van der Waals surface area contributed by atoms with Crippen LogP contribution in [0.15, 0.2) is 18.5 Å². The minimum absolute atomic E-state index is 0.00790. The first-order valence-corrected chi connectivity index (χ1v) is 7.27. The van der Waals surface area contributed by atoms with Crippen LogP contribution in [0.2, 0.25) is 0 Å². The molecule has 1 amide bonds. The summed E-state index contributed by atoms with van der Waals surface area (Å²) in [4.78, 5) is 12.0. The summed E-state index contributed by atoms with van der Waals surface area (Å²) >= 11 is 0. The Hall–Kier alpha value is -2.11. The lowest BCUT2D eigenvalue weighted by molar-refractivity contribution is -0.124. The van der Waals surface area contributed by atoms with Crippen LogP contribution in [0.5, 0.6) is 0 Å². The monoisotopic (exact) mass is 289 g/mol. The number of rotatable bonds is 6. The Morgan fingerprint density at radius 1 is 1.38 bits per heavy atom. The summed E-state index contributed by atoms with van der Waals surface area (Å²) in [7, 11) is 0. The summed E-state index contributed by atoms with van der Waals surface area (Å²) in [5, 5.41) is 11.5. The maximum absolute atomic E-state index is 12.0. The van der Waals surface area contributed by atoms with E-state index < -0.39 is 0 Å². The summed E-state index contributed by atoms with van der Waals surface area (Å²) in [5.74, 6) is -0.00790. The highest BCUT2D eigenvalue weighted by Crippen LogP contribution is 2.06. The number of carbonyl (C=O) groups is 1. The maximum Gasteiger partial charge on any atom is 0.244 e. The van der Waals surface area contributed by atoms with E-state index in [1.54, 1.807) is 10.9 Å².